The normalized spacial score (nSPS) is 20.3. The van der Waals surface area contributed by atoms with Gasteiger partial charge in [0.15, 0.2) is 11.6 Å². The van der Waals surface area contributed by atoms with E-state index in [0.717, 1.165) is 41.2 Å². The van der Waals surface area contributed by atoms with Crippen LogP contribution in [0.5, 0.6) is 0 Å². The molecule has 0 aliphatic carbocycles. The molecule has 6 nitrogen and oxygen atoms in total. The highest BCUT2D eigenvalue weighted by Gasteiger charge is 2.43. The molecule has 2 aromatic carbocycles. The summed E-state index contributed by atoms with van der Waals surface area (Å²) in [5.74, 6) is -2.82. The van der Waals surface area contributed by atoms with Crippen LogP contribution in [0.3, 0.4) is 0 Å². The van der Waals surface area contributed by atoms with Gasteiger partial charge in [0, 0.05) is 25.7 Å². The Morgan fingerprint density at radius 2 is 1.83 bits per heavy atom. The van der Waals surface area contributed by atoms with Gasteiger partial charge in [-0.1, -0.05) is 13.5 Å². The van der Waals surface area contributed by atoms with Gasteiger partial charge in [-0.15, -0.1) is 0 Å². The predicted molar refractivity (Wildman–Crippen MR) is 105 cm³/mol. The van der Waals surface area contributed by atoms with E-state index in [-0.39, 0.29) is 31.5 Å². The third-order valence-corrected chi connectivity index (χ3v) is 6.51. The highest BCUT2D eigenvalue weighted by molar-refractivity contribution is 7.95. The van der Waals surface area contributed by atoms with Crippen molar-refractivity contribution in [2.45, 2.75) is 20.0 Å². The van der Waals surface area contributed by atoms with E-state index >= 15 is 0 Å². The maximum Gasteiger partial charge on any atom is 0.331 e. The molecule has 0 bridgehead atoms. The van der Waals surface area contributed by atoms with Crippen LogP contribution < -0.4 is 13.9 Å². The average Bonchev–Trinajstić information content (AvgIpc) is 2.87. The monoisotopic (exact) mass is 429 g/mol. The number of nitrogens with one attached hydrogen (secondary N) is 1. The summed E-state index contributed by atoms with van der Waals surface area (Å²) in [5, 5.41) is 3.15. The number of ether oxygens (including phenoxy) is 1. The van der Waals surface area contributed by atoms with Gasteiger partial charge in [0.1, 0.15) is 11.5 Å². The van der Waals surface area contributed by atoms with E-state index in [1.807, 2.05) is 0 Å². The van der Waals surface area contributed by atoms with Crippen molar-refractivity contribution in [1.82, 2.24) is 5.32 Å². The number of rotatable bonds is 4. The third-order valence-electron chi connectivity index (χ3n) is 4.73. The molecular formula is C19H22F3N3O3S. The van der Waals surface area contributed by atoms with Crippen molar-refractivity contribution in [3.63, 3.8) is 0 Å². The topological polar surface area (TPSA) is 61.9 Å². The molecule has 158 valence electrons. The fraction of sp³-hybridized carbons (Fsp3) is 0.368. The SMILES string of the molecule is C.O=S1(=O)N(CC[C@@H]2CNCCO2)c2ccc(F)cc2N1c1c(F)cccc1F. The maximum absolute atomic E-state index is 14.4. The van der Waals surface area contributed by atoms with Crippen LogP contribution >= 0.6 is 0 Å². The lowest BCUT2D eigenvalue weighted by atomic mass is 10.2. The zero-order chi connectivity index (χ0) is 19.9. The molecule has 0 saturated carbocycles. The number of anilines is 3. The first-order valence-corrected chi connectivity index (χ1v) is 10.2. The van der Waals surface area contributed by atoms with E-state index in [0.29, 0.717) is 23.9 Å². The van der Waals surface area contributed by atoms with Crippen LogP contribution in [0.4, 0.5) is 30.2 Å². The van der Waals surface area contributed by atoms with E-state index in [9.17, 15) is 21.6 Å². The van der Waals surface area contributed by atoms with Gasteiger partial charge in [-0.05, 0) is 30.7 Å². The van der Waals surface area contributed by atoms with Gasteiger partial charge in [0.2, 0.25) is 0 Å². The molecule has 0 aromatic heterocycles. The molecule has 1 saturated heterocycles. The number of halogens is 3. The van der Waals surface area contributed by atoms with Crippen LogP contribution in [-0.2, 0) is 14.9 Å². The smallest absolute Gasteiger partial charge is 0.331 e. The van der Waals surface area contributed by atoms with Gasteiger partial charge < -0.3 is 10.1 Å². The Balaban J connectivity index is 0.00000240. The largest absolute Gasteiger partial charge is 0.376 e. The maximum atomic E-state index is 14.4. The summed E-state index contributed by atoms with van der Waals surface area (Å²) >= 11 is 0. The fourth-order valence-electron chi connectivity index (χ4n) is 3.44. The fourth-order valence-corrected chi connectivity index (χ4v) is 5.17. The van der Waals surface area contributed by atoms with E-state index in [1.165, 1.54) is 6.07 Å². The first-order valence-electron chi connectivity index (χ1n) is 8.78. The Morgan fingerprint density at radius 3 is 2.48 bits per heavy atom. The molecule has 2 aromatic rings. The first kappa shape index (κ1) is 21.4. The summed E-state index contributed by atoms with van der Waals surface area (Å²) in [6, 6.07) is 6.41. The Kier molecular flexibility index (Phi) is 6.06. The number of para-hydroxylation sites is 1. The lowest BCUT2D eigenvalue weighted by Gasteiger charge is -2.27. The Hall–Kier alpha value is -2.30. The Morgan fingerprint density at radius 1 is 1.10 bits per heavy atom. The molecule has 29 heavy (non-hydrogen) atoms. The van der Waals surface area contributed by atoms with Crippen molar-refractivity contribution in [2.75, 3.05) is 34.9 Å². The molecular weight excluding hydrogens is 407 g/mol. The van der Waals surface area contributed by atoms with Crippen LogP contribution in [-0.4, -0.2) is 40.8 Å². The van der Waals surface area contributed by atoms with Crippen molar-refractivity contribution in [3.8, 4) is 0 Å². The number of hydrogen-bond donors (Lipinski definition) is 1. The quantitative estimate of drug-likeness (QED) is 0.810. The summed E-state index contributed by atoms with van der Waals surface area (Å²) in [7, 11) is -4.36. The number of hydrogen-bond acceptors (Lipinski definition) is 4. The van der Waals surface area contributed by atoms with Crippen molar-refractivity contribution in [1.29, 1.82) is 0 Å². The Bertz CT molecular complexity index is 977. The van der Waals surface area contributed by atoms with Crippen LogP contribution in [0.1, 0.15) is 13.8 Å². The lowest BCUT2D eigenvalue weighted by molar-refractivity contribution is 0.0254. The minimum Gasteiger partial charge on any atom is -0.376 e. The number of benzene rings is 2. The summed E-state index contributed by atoms with van der Waals surface area (Å²) in [6.45, 7) is 1.85. The summed E-state index contributed by atoms with van der Waals surface area (Å²) < 4.78 is 76.1. The molecule has 4 rings (SSSR count). The number of nitrogens with zero attached hydrogens (tertiary/aromatic N) is 2. The molecule has 0 unspecified atom stereocenters. The van der Waals surface area contributed by atoms with Gasteiger partial charge in [-0.2, -0.15) is 8.42 Å². The molecule has 2 aliphatic heterocycles. The molecule has 2 heterocycles. The van der Waals surface area contributed by atoms with E-state index in [2.05, 4.69) is 5.32 Å². The molecule has 0 radical (unpaired) electrons. The molecule has 1 atom stereocenters. The van der Waals surface area contributed by atoms with Crippen molar-refractivity contribution in [2.24, 2.45) is 0 Å². The molecule has 10 heteroatoms. The summed E-state index contributed by atoms with van der Waals surface area (Å²) in [5.41, 5.74) is -0.730. The van der Waals surface area contributed by atoms with Crippen molar-refractivity contribution in [3.05, 3.63) is 53.8 Å². The molecule has 1 N–H and O–H groups in total. The van der Waals surface area contributed by atoms with Gasteiger partial charge in [0.05, 0.1) is 24.1 Å². The number of fused-ring (bicyclic) bond motifs is 1. The molecule has 2 aliphatic rings. The van der Waals surface area contributed by atoms with Gasteiger partial charge in [-0.25, -0.2) is 17.5 Å². The van der Waals surface area contributed by atoms with Crippen LogP contribution in [0.15, 0.2) is 36.4 Å². The van der Waals surface area contributed by atoms with Crippen LogP contribution in [0.25, 0.3) is 0 Å². The molecule has 0 spiro atoms. The number of morpholine rings is 1. The predicted octanol–water partition coefficient (Wildman–Crippen LogP) is 3.32. The van der Waals surface area contributed by atoms with Gasteiger partial charge in [-0.3, -0.25) is 4.31 Å². The lowest BCUT2D eigenvalue weighted by Crippen LogP contribution is -2.42. The zero-order valence-corrected chi connectivity index (χ0v) is 15.6. The minimum atomic E-state index is -4.36. The summed E-state index contributed by atoms with van der Waals surface area (Å²) in [6.07, 6.45) is 0.184. The third kappa shape index (κ3) is 3.79. The van der Waals surface area contributed by atoms with Gasteiger partial charge >= 0.3 is 10.2 Å². The molecule has 0 amide bonds. The average molecular weight is 429 g/mol. The van der Waals surface area contributed by atoms with Crippen molar-refractivity contribution < 1.29 is 26.3 Å². The highest BCUT2D eigenvalue weighted by Crippen LogP contribution is 2.47. The van der Waals surface area contributed by atoms with E-state index in [1.54, 1.807) is 0 Å². The zero-order valence-electron chi connectivity index (χ0n) is 14.7. The highest BCUT2D eigenvalue weighted by atomic mass is 32.2. The van der Waals surface area contributed by atoms with E-state index < -0.39 is 33.3 Å². The van der Waals surface area contributed by atoms with E-state index in [4.69, 9.17) is 4.74 Å². The van der Waals surface area contributed by atoms with Crippen LogP contribution in [0.2, 0.25) is 0 Å². The second kappa shape index (κ2) is 8.21. The second-order valence-corrected chi connectivity index (χ2v) is 8.23. The second-order valence-electron chi connectivity index (χ2n) is 6.53. The summed E-state index contributed by atoms with van der Waals surface area (Å²) in [4.78, 5) is 0. The Labute approximate surface area is 168 Å². The van der Waals surface area contributed by atoms with Crippen molar-refractivity contribution >= 4 is 27.3 Å². The standard InChI is InChI=1S/C18H18F3N3O3S.CH4/c19-12-4-5-16-17(10-12)24(18-14(20)2-1-3-15(18)21)28(25,26)23(16)8-6-13-11-22-7-9-27-13;/h1-5,10,13,22H,6-9,11H2;1H4/t13-;/m1./s1. The first-order chi connectivity index (χ1) is 13.4. The minimum absolute atomic E-state index is 0. The van der Waals surface area contributed by atoms with Gasteiger partial charge in [0.25, 0.3) is 0 Å². The molecule has 1 fully saturated rings. The van der Waals surface area contributed by atoms with Crippen LogP contribution in [0, 0.1) is 17.5 Å².